The molecule has 2 aromatic rings. The first-order valence-corrected chi connectivity index (χ1v) is 6.40. The molecule has 0 spiro atoms. The second-order valence-electron chi connectivity index (χ2n) is 5.49. The number of halogens is 1. The van der Waals surface area contributed by atoms with Crippen LogP contribution in [0.3, 0.4) is 0 Å². The van der Waals surface area contributed by atoms with Gasteiger partial charge in [-0.25, -0.2) is 0 Å². The highest BCUT2D eigenvalue weighted by molar-refractivity contribution is 6.35. The Bertz CT molecular complexity index is 606. The summed E-state index contributed by atoms with van der Waals surface area (Å²) >= 11 is 6.18. The molecule has 0 radical (unpaired) electrons. The number of hydrogen-bond acceptors (Lipinski definition) is 2. The number of H-pyrrole nitrogens is 1. The van der Waals surface area contributed by atoms with E-state index in [1.807, 2.05) is 12.1 Å². The standard InChI is InChI=1S/C13H14ClN3/c1-17-6-8-5-13(8,7-17)12-9-3-2-4-10(14)11(9)15-16-12/h2-4,8H,5-7H2,1H3,(H,15,16). The maximum Gasteiger partial charge on any atom is 0.0839 e. The monoisotopic (exact) mass is 247 g/mol. The summed E-state index contributed by atoms with van der Waals surface area (Å²) in [6.45, 7) is 2.33. The SMILES string of the molecule is CN1CC2CC2(c2n[nH]c3c(Cl)cccc23)C1. The summed E-state index contributed by atoms with van der Waals surface area (Å²) in [4.78, 5) is 2.40. The zero-order valence-electron chi connectivity index (χ0n) is 9.70. The first-order valence-electron chi connectivity index (χ1n) is 6.02. The Kier molecular flexibility index (Phi) is 1.77. The van der Waals surface area contributed by atoms with Gasteiger partial charge in [-0.1, -0.05) is 23.7 Å². The lowest BCUT2D eigenvalue weighted by atomic mass is 9.98. The van der Waals surface area contributed by atoms with E-state index in [-0.39, 0.29) is 0 Å². The molecule has 1 saturated heterocycles. The number of aromatic nitrogens is 2. The fraction of sp³-hybridized carbons (Fsp3) is 0.462. The second-order valence-corrected chi connectivity index (χ2v) is 5.90. The van der Waals surface area contributed by atoms with Gasteiger partial charge in [-0.3, -0.25) is 5.10 Å². The molecule has 4 heteroatoms. The van der Waals surface area contributed by atoms with Crippen LogP contribution in [0.15, 0.2) is 18.2 Å². The molecule has 2 heterocycles. The maximum atomic E-state index is 6.18. The van der Waals surface area contributed by atoms with E-state index in [4.69, 9.17) is 11.6 Å². The van der Waals surface area contributed by atoms with Crippen LogP contribution in [0.4, 0.5) is 0 Å². The van der Waals surface area contributed by atoms with Crippen molar-refractivity contribution in [1.82, 2.24) is 15.1 Å². The lowest BCUT2D eigenvalue weighted by molar-refractivity contribution is 0.362. The molecule has 2 fully saturated rings. The summed E-state index contributed by atoms with van der Waals surface area (Å²) < 4.78 is 0. The van der Waals surface area contributed by atoms with Crippen molar-refractivity contribution in [2.75, 3.05) is 20.1 Å². The predicted molar refractivity (Wildman–Crippen MR) is 68.4 cm³/mol. The number of hydrogen-bond donors (Lipinski definition) is 1. The fourth-order valence-corrected chi connectivity index (χ4v) is 3.70. The molecular weight excluding hydrogens is 234 g/mol. The molecule has 17 heavy (non-hydrogen) atoms. The number of aromatic amines is 1. The predicted octanol–water partition coefficient (Wildman–Crippen LogP) is 2.42. The smallest absolute Gasteiger partial charge is 0.0839 e. The summed E-state index contributed by atoms with van der Waals surface area (Å²) in [5, 5.41) is 9.62. The first kappa shape index (κ1) is 9.92. The molecule has 0 bridgehead atoms. The van der Waals surface area contributed by atoms with Gasteiger partial charge in [-0.05, 0) is 25.5 Å². The normalized spacial score (nSPS) is 32.0. The van der Waals surface area contributed by atoms with E-state index in [2.05, 4.69) is 28.2 Å². The van der Waals surface area contributed by atoms with Crippen LogP contribution in [-0.2, 0) is 5.41 Å². The highest BCUT2D eigenvalue weighted by atomic mass is 35.5. The molecule has 4 rings (SSSR count). The van der Waals surface area contributed by atoms with Crippen LogP contribution < -0.4 is 0 Å². The van der Waals surface area contributed by atoms with Crippen molar-refractivity contribution in [1.29, 1.82) is 0 Å². The number of nitrogens with one attached hydrogen (secondary N) is 1. The van der Waals surface area contributed by atoms with Crippen LogP contribution in [-0.4, -0.2) is 35.2 Å². The van der Waals surface area contributed by atoms with Gasteiger partial charge >= 0.3 is 0 Å². The quantitative estimate of drug-likeness (QED) is 0.839. The summed E-state index contributed by atoms with van der Waals surface area (Å²) in [6.07, 6.45) is 1.28. The van der Waals surface area contributed by atoms with Crippen molar-refractivity contribution in [2.24, 2.45) is 5.92 Å². The van der Waals surface area contributed by atoms with Crippen molar-refractivity contribution >= 4 is 22.5 Å². The molecule has 2 atom stereocenters. The molecular formula is C13H14ClN3. The lowest BCUT2D eigenvalue weighted by Gasteiger charge is -2.14. The largest absolute Gasteiger partial charge is 0.305 e. The summed E-state index contributed by atoms with van der Waals surface area (Å²) in [5.41, 5.74) is 2.51. The minimum atomic E-state index is 0.303. The Morgan fingerprint density at radius 1 is 1.53 bits per heavy atom. The van der Waals surface area contributed by atoms with Crippen molar-refractivity contribution in [3.63, 3.8) is 0 Å². The van der Waals surface area contributed by atoms with Gasteiger partial charge in [-0.15, -0.1) is 0 Å². The minimum Gasteiger partial charge on any atom is -0.305 e. The third-order valence-electron chi connectivity index (χ3n) is 4.34. The van der Waals surface area contributed by atoms with Crippen molar-refractivity contribution in [2.45, 2.75) is 11.8 Å². The van der Waals surface area contributed by atoms with Crippen LogP contribution in [0.5, 0.6) is 0 Å². The van der Waals surface area contributed by atoms with Crippen LogP contribution in [0.25, 0.3) is 10.9 Å². The Hall–Kier alpha value is -1.06. The number of rotatable bonds is 1. The van der Waals surface area contributed by atoms with Crippen molar-refractivity contribution < 1.29 is 0 Å². The number of benzene rings is 1. The number of likely N-dealkylation sites (tertiary alicyclic amines) is 1. The summed E-state index contributed by atoms with van der Waals surface area (Å²) in [6, 6.07) is 6.05. The van der Waals surface area contributed by atoms with Crippen LogP contribution in [0.1, 0.15) is 12.1 Å². The zero-order valence-corrected chi connectivity index (χ0v) is 10.5. The number of piperidine rings is 1. The first-order chi connectivity index (χ1) is 8.21. The van der Waals surface area contributed by atoms with Crippen molar-refractivity contribution in [3.8, 4) is 0 Å². The molecule has 3 nitrogen and oxygen atoms in total. The Morgan fingerprint density at radius 2 is 2.41 bits per heavy atom. The Morgan fingerprint density at radius 3 is 3.18 bits per heavy atom. The van der Waals surface area contributed by atoms with E-state index in [0.717, 1.165) is 23.0 Å². The van der Waals surface area contributed by atoms with Gasteiger partial charge in [0.25, 0.3) is 0 Å². The second kappa shape index (κ2) is 3.03. The Labute approximate surface area is 105 Å². The topological polar surface area (TPSA) is 31.9 Å². The van der Waals surface area contributed by atoms with Gasteiger partial charge in [0, 0.05) is 23.9 Å². The van der Waals surface area contributed by atoms with Gasteiger partial charge in [0.15, 0.2) is 0 Å². The highest BCUT2D eigenvalue weighted by Gasteiger charge is 2.61. The van der Waals surface area contributed by atoms with Crippen LogP contribution >= 0.6 is 11.6 Å². The molecule has 1 N–H and O–H groups in total. The van der Waals surface area contributed by atoms with E-state index in [1.54, 1.807) is 0 Å². The molecule has 1 aromatic carbocycles. The van der Waals surface area contributed by atoms with E-state index in [9.17, 15) is 0 Å². The summed E-state index contributed by atoms with van der Waals surface area (Å²) in [5.74, 6) is 0.790. The van der Waals surface area contributed by atoms with Gasteiger partial charge in [0.05, 0.1) is 16.2 Å². The molecule has 1 aromatic heterocycles. The highest BCUT2D eigenvalue weighted by Crippen LogP contribution is 2.59. The molecule has 1 saturated carbocycles. The van der Waals surface area contributed by atoms with E-state index < -0.39 is 0 Å². The zero-order chi connectivity index (χ0) is 11.6. The fourth-order valence-electron chi connectivity index (χ4n) is 3.49. The van der Waals surface area contributed by atoms with Crippen LogP contribution in [0.2, 0.25) is 5.02 Å². The molecule has 0 amide bonds. The van der Waals surface area contributed by atoms with E-state index in [0.29, 0.717) is 5.41 Å². The van der Waals surface area contributed by atoms with Gasteiger partial charge < -0.3 is 4.90 Å². The average molecular weight is 248 g/mol. The van der Waals surface area contributed by atoms with Gasteiger partial charge in [0.1, 0.15) is 0 Å². The summed E-state index contributed by atoms with van der Waals surface area (Å²) in [7, 11) is 2.19. The molecule has 88 valence electrons. The van der Waals surface area contributed by atoms with Gasteiger partial charge in [0.2, 0.25) is 0 Å². The molecule has 1 aliphatic carbocycles. The van der Waals surface area contributed by atoms with E-state index in [1.165, 1.54) is 24.0 Å². The Balaban J connectivity index is 1.90. The van der Waals surface area contributed by atoms with Gasteiger partial charge in [-0.2, -0.15) is 5.10 Å². The van der Waals surface area contributed by atoms with Crippen LogP contribution in [0, 0.1) is 5.92 Å². The minimum absolute atomic E-state index is 0.303. The maximum absolute atomic E-state index is 6.18. The molecule has 1 aliphatic heterocycles. The number of para-hydroxylation sites is 1. The number of fused-ring (bicyclic) bond motifs is 2. The third-order valence-corrected chi connectivity index (χ3v) is 4.65. The average Bonchev–Trinajstić information content (AvgIpc) is 2.72. The lowest BCUT2D eigenvalue weighted by Crippen LogP contribution is -2.22. The van der Waals surface area contributed by atoms with Crippen molar-refractivity contribution in [3.05, 3.63) is 28.9 Å². The molecule has 2 unspecified atom stereocenters. The van der Waals surface area contributed by atoms with E-state index >= 15 is 0 Å². The number of nitrogens with zero attached hydrogens (tertiary/aromatic N) is 2. The number of likely N-dealkylation sites (N-methyl/N-ethyl adjacent to an activating group) is 1. The third kappa shape index (κ3) is 1.19. The molecule has 2 aliphatic rings.